The van der Waals surface area contributed by atoms with Crippen LogP contribution in [0.15, 0.2) is 48.5 Å². The molecule has 0 saturated heterocycles. The number of carbonyl (C=O) groups is 2. The van der Waals surface area contributed by atoms with Gasteiger partial charge in [0.15, 0.2) is 0 Å². The zero-order valence-corrected chi connectivity index (χ0v) is 22.4. The Morgan fingerprint density at radius 3 is 2.44 bits per heavy atom. The summed E-state index contributed by atoms with van der Waals surface area (Å²) in [4.78, 5) is 29.6. The van der Waals surface area contributed by atoms with Gasteiger partial charge in [-0.2, -0.15) is 0 Å². The number of methoxy groups -OCH3 is 1. The normalized spacial score (nSPS) is 14.7. The number of nitrogens with one attached hydrogen (secondary N) is 2. The minimum Gasteiger partial charge on any atom is -0.453 e. The van der Waals surface area contributed by atoms with Crippen molar-refractivity contribution in [1.82, 2.24) is 15.5 Å². The van der Waals surface area contributed by atoms with E-state index in [1.807, 2.05) is 55.6 Å². The van der Waals surface area contributed by atoms with Crippen molar-refractivity contribution < 1.29 is 14.3 Å². The number of anilines is 2. The number of hydrogen-bond acceptors (Lipinski definition) is 5. The number of likely N-dealkylation sites (N-methyl/N-ethyl adjacent to an activating group) is 1. The van der Waals surface area contributed by atoms with E-state index < -0.39 is 6.09 Å². The highest BCUT2D eigenvalue weighted by molar-refractivity contribution is 6.30. The molecule has 0 radical (unpaired) electrons. The Hall–Kier alpha value is -2.77. The second kappa shape index (κ2) is 14.1. The van der Waals surface area contributed by atoms with Gasteiger partial charge >= 0.3 is 6.09 Å². The average Bonchev–Trinajstić information content (AvgIpc) is 2.89. The Balaban J connectivity index is 1.87. The van der Waals surface area contributed by atoms with Crippen molar-refractivity contribution >= 4 is 35.0 Å². The number of rotatable bonds is 11. The third-order valence-electron chi connectivity index (χ3n) is 6.71. The second-order valence-electron chi connectivity index (χ2n) is 9.36. The summed E-state index contributed by atoms with van der Waals surface area (Å²) in [6.07, 6.45) is 5.94. The monoisotopic (exact) mass is 514 g/mol. The largest absolute Gasteiger partial charge is 0.453 e. The van der Waals surface area contributed by atoms with E-state index in [4.69, 9.17) is 11.6 Å². The predicted octanol–water partition coefficient (Wildman–Crippen LogP) is 5.61. The SMILES string of the molecule is CNCC(C)N(C(=O)c1cccc(N(CCCNC(=O)OC)c2cccc(Cl)c2)c1)C1CCCCC1. The molecule has 3 rings (SSSR count). The van der Waals surface area contributed by atoms with E-state index in [1.165, 1.54) is 26.4 Å². The summed E-state index contributed by atoms with van der Waals surface area (Å²) in [5, 5.41) is 6.60. The molecular formula is C28H39ClN4O3. The molecule has 1 aliphatic rings. The summed E-state index contributed by atoms with van der Waals surface area (Å²) in [6, 6.07) is 15.9. The first-order valence-electron chi connectivity index (χ1n) is 12.9. The van der Waals surface area contributed by atoms with E-state index in [2.05, 4.69) is 32.1 Å². The molecule has 2 amide bonds. The molecule has 1 unspecified atom stereocenters. The molecular weight excluding hydrogens is 476 g/mol. The third-order valence-corrected chi connectivity index (χ3v) is 6.95. The number of nitrogens with zero attached hydrogens (tertiary/aromatic N) is 2. The first kappa shape index (κ1) is 27.8. The van der Waals surface area contributed by atoms with Crippen LogP contribution in [0.3, 0.4) is 0 Å². The summed E-state index contributed by atoms with van der Waals surface area (Å²) in [7, 11) is 3.28. The Bertz CT molecular complexity index is 996. The third kappa shape index (κ3) is 7.61. The highest BCUT2D eigenvalue weighted by Crippen LogP contribution is 2.30. The van der Waals surface area contributed by atoms with E-state index in [-0.39, 0.29) is 18.0 Å². The highest BCUT2D eigenvalue weighted by Gasteiger charge is 2.30. The number of benzene rings is 2. The second-order valence-corrected chi connectivity index (χ2v) is 9.80. The topological polar surface area (TPSA) is 73.9 Å². The summed E-state index contributed by atoms with van der Waals surface area (Å²) < 4.78 is 4.67. The average molecular weight is 515 g/mol. The van der Waals surface area contributed by atoms with Crippen LogP contribution in [0.5, 0.6) is 0 Å². The number of ether oxygens (including phenoxy) is 1. The van der Waals surface area contributed by atoms with Crippen LogP contribution in [0, 0.1) is 0 Å². The first-order valence-corrected chi connectivity index (χ1v) is 13.2. The van der Waals surface area contributed by atoms with Crippen molar-refractivity contribution in [3.8, 4) is 0 Å². The number of hydrogen-bond donors (Lipinski definition) is 2. The quantitative estimate of drug-likeness (QED) is 0.381. The standard InChI is InChI=1S/C28H39ClN4O3/c1-21(20-30-2)33(24-12-5-4-6-13-24)27(34)22-10-7-14-25(18-22)32(17-9-16-31-28(35)36-3)26-15-8-11-23(29)19-26/h7-8,10-11,14-15,18-19,21,24,30H,4-6,9,12-13,16-17,20H2,1-3H3,(H,31,35). The molecule has 0 aliphatic heterocycles. The molecule has 196 valence electrons. The number of halogens is 1. The van der Waals surface area contributed by atoms with E-state index in [0.29, 0.717) is 30.1 Å². The zero-order chi connectivity index (χ0) is 25.9. The number of amides is 2. The van der Waals surface area contributed by atoms with Gasteiger partial charge in [0.25, 0.3) is 5.91 Å². The van der Waals surface area contributed by atoms with Crippen LogP contribution in [0.1, 0.15) is 55.8 Å². The van der Waals surface area contributed by atoms with E-state index >= 15 is 0 Å². The minimum absolute atomic E-state index is 0.0740. The van der Waals surface area contributed by atoms with Crippen LogP contribution in [0.4, 0.5) is 16.2 Å². The van der Waals surface area contributed by atoms with Gasteiger partial charge in [0.2, 0.25) is 0 Å². The van der Waals surface area contributed by atoms with Crippen molar-refractivity contribution in [2.45, 2.75) is 57.5 Å². The van der Waals surface area contributed by atoms with Gasteiger partial charge < -0.3 is 25.2 Å². The lowest BCUT2D eigenvalue weighted by Crippen LogP contribution is -2.50. The molecule has 0 aromatic heterocycles. The van der Waals surface area contributed by atoms with Crippen LogP contribution >= 0.6 is 11.6 Å². The Kier molecular flexibility index (Phi) is 10.9. The molecule has 2 aromatic rings. The summed E-state index contributed by atoms with van der Waals surface area (Å²) >= 11 is 6.30. The molecule has 0 spiro atoms. The maximum absolute atomic E-state index is 13.9. The predicted molar refractivity (Wildman–Crippen MR) is 146 cm³/mol. The molecule has 1 fully saturated rings. The maximum Gasteiger partial charge on any atom is 0.406 e. The fourth-order valence-corrected chi connectivity index (χ4v) is 5.17. The van der Waals surface area contributed by atoms with Crippen LogP contribution in [-0.4, -0.2) is 62.8 Å². The molecule has 7 nitrogen and oxygen atoms in total. The van der Waals surface area contributed by atoms with Crippen LogP contribution in [0.25, 0.3) is 0 Å². The van der Waals surface area contributed by atoms with Gasteiger partial charge in [0.05, 0.1) is 7.11 Å². The molecule has 0 heterocycles. The van der Waals surface area contributed by atoms with Gasteiger partial charge in [-0.1, -0.05) is 43.0 Å². The van der Waals surface area contributed by atoms with Gasteiger partial charge in [-0.15, -0.1) is 0 Å². The van der Waals surface area contributed by atoms with E-state index in [9.17, 15) is 9.59 Å². The molecule has 1 aliphatic carbocycles. The van der Waals surface area contributed by atoms with Crippen molar-refractivity contribution in [1.29, 1.82) is 0 Å². The van der Waals surface area contributed by atoms with Gasteiger partial charge in [-0.05, 0) is 69.6 Å². The Morgan fingerprint density at radius 1 is 1.08 bits per heavy atom. The fraction of sp³-hybridized carbons (Fsp3) is 0.500. The smallest absolute Gasteiger partial charge is 0.406 e. The summed E-state index contributed by atoms with van der Waals surface area (Å²) in [5.41, 5.74) is 2.52. The lowest BCUT2D eigenvalue weighted by Gasteiger charge is -2.39. The summed E-state index contributed by atoms with van der Waals surface area (Å²) in [5.74, 6) is 0.0740. The molecule has 0 bridgehead atoms. The van der Waals surface area contributed by atoms with Crippen LogP contribution in [0.2, 0.25) is 5.02 Å². The molecule has 2 aromatic carbocycles. The van der Waals surface area contributed by atoms with Crippen molar-refractivity contribution in [3.63, 3.8) is 0 Å². The van der Waals surface area contributed by atoms with Crippen LogP contribution < -0.4 is 15.5 Å². The van der Waals surface area contributed by atoms with E-state index in [1.54, 1.807) is 0 Å². The molecule has 36 heavy (non-hydrogen) atoms. The molecule has 1 saturated carbocycles. The van der Waals surface area contributed by atoms with Gasteiger partial charge in [-0.3, -0.25) is 4.79 Å². The number of carbonyl (C=O) groups excluding carboxylic acids is 2. The number of alkyl carbamates (subject to hydrolysis) is 1. The van der Waals surface area contributed by atoms with Crippen LogP contribution in [-0.2, 0) is 4.74 Å². The van der Waals surface area contributed by atoms with Gasteiger partial charge in [0.1, 0.15) is 0 Å². The summed E-state index contributed by atoms with van der Waals surface area (Å²) in [6.45, 7) is 3.98. The maximum atomic E-state index is 13.9. The first-order chi connectivity index (χ1) is 17.4. The Morgan fingerprint density at radius 2 is 1.78 bits per heavy atom. The molecule has 1 atom stereocenters. The van der Waals surface area contributed by atoms with Gasteiger partial charge in [-0.25, -0.2) is 4.79 Å². The molecule has 8 heteroatoms. The van der Waals surface area contributed by atoms with Crippen molar-refractivity contribution in [2.24, 2.45) is 0 Å². The van der Waals surface area contributed by atoms with Crippen molar-refractivity contribution in [3.05, 3.63) is 59.1 Å². The minimum atomic E-state index is -0.449. The van der Waals surface area contributed by atoms with Gasteiger partial charge in [0, 0.05) is 53.7 Å². The lowest BCUT2D eigenvalue weighted by atomic mass is 9.92. The highest BCUT2D eigenvalue weighted by atomic mass is 35.5. The fourth-order valence-electron chi connectivity index (χ4n) is 4.99. The Labute approximate surface area is 220 Å². The lowest BCUT2D eigenvalue weighted by molar-refractivity contribution is 0.0535. The zero-order valence-electron chi connectivity index (χ0n) is 21.6. The molecule has 2 N–H and O–H groups in total. The van der Waals surface area contributed by atoms with E-state index in [0.717, 1.165) is 30.8 Å². The van der Waals surface area contributed by atoms with Crippen molar-refractivity contribution in [2.75, 3.05) is 38.7 Å².